The van der Waals surface area contributed by atoms with E-state index in [0.717, 1.165) is 17.0 Å². The van der Waals surface area contributed by atoms with Crippen LogP contribution in [0.4, 0.5) is 0 Å². The normalized spacial score (nSPS) is 10.5. The van der Waals surface area contributed by atoms with Gasteiger partial charge in [0, 0.05) is 6.54 Å². The van der Waals surface area contributed by atoms with Crippen LogP contribution in [0.1, 0.15) is 11.1 Å². The molecular formula is C19H20N4O2S. The lowest BCUT2D eigenvalue weighted by molar-refractivity contribution is -0.118. The van der Waals surface area contributed by atoms with E-state index in [-0.39, 0.29) is 11.7 Å². The van der Waals surface area contributed by atoms with Gasteiger partial charge in [0.25, 0.3) is 0 Å². The number of benzene rings is 2. The molecule has 0 unspecified atom stereocenters. The fourth-order valence-electron chi connectivity index (χ4n) is 2.40. The number of aromatic nitrogens is 3. The maximum absolute atomic E-state index is 12.1. The number of thioether (sulfide) groups is 1. The number of aryl methyl sites for hydroxylation is 1. The summed E-state index contributed by atoms with van der Waals surface area (Å²) in [7, 11) is 1.62. The van der Waals surface area contributed by atoms with Crippen LogP contribution in [0.5, 0.6) is 5.75 Å². The van der Waals surface area contributed by atoms with Crippen molar-refractivity contribution in [2.75, 3.05) is 12.9 Å². The lowest BCUT2D eigenvalue weighted by atomic mass is 10.1. The van der Waals surface area contributed by atoms with Crippen LogP contribution in [0.25, 0.3) is 5.69 Å². The van der Waals surface area contributed by atoms with Crippen molar-refractivity contribution in [3.63, 3.8) is 0 Å². The van der Waals surface area contributed by atoms with Gasteiger partial charge in [-0.1, -0.05) is 53.7 Å². The van der Waals surface area contributed by atoms with Gasteiger partial charge >= 0.3 is 0 Å². The minimum absolute atomic E-state index is 0.0508. The molecule has 1 amide bonds. The van der Waals surface area contributed by atoms with E-state index < -0.39 is 0 Å². The van der Waals surface area contributed by atoms with Gasteiger partial charge in [0.05, 0.1) is 18.6 Å². The minimum atomic E-state index is -0.0508. The van der Waals surface area contributed by atoms with Crippen molar-refractivity contribution in [3.05, 3.63) is 66.0 Å². The quantitative estimate of drug-likeness (QED) is 0.649. The number of rotatable bonds is 7. The molecule has 0 aliphatic carbocycles. The molecule has 3 rings (SSSR count). The van der Waals surface area contributed by atoms with Gasteiger partial charge in [0.15, 0.2) is 5.16 Å². The zero-order valence-electron chi connectivity index (χ0n) is 14.7. The first-order chi connectivity index (χ1) is 12.7. The number of hydrogen-bond acceptors (Lipinski definition) is 5. The SMILES string of the molecule is COc1ccccc1-n1cnnc1SCC(=O)NCc1ccc(C)cc1. The molecule has 1 N–H and O–H groups in total. The molecule has 0 aliphatic rings. The third-order valence-electron chi connectivity index (χ3n) is 3.80. The first-order valence-corrected chi connectivity index (χ1v) is 9.14. The van der Waals surface area contributed by atoms with Crippen molar-refractivity contribution in [1.82, 2.24) is 20.1 Å². The largest absolute Gasteiger partial charge is 0.495 e. The summed E-state index contributed by atoms with van der Waals surface area (Å²) in [4.78, 5) is 12.1. The number of carbonyl (C=O) groups is 1. The van der Waals surface area contributed by atoms with Crippen LogP contribution in [0.2, 0.25) is 0 Å². The molecule has 0 fully saturated rings. The third kappa shape index (κ3) is 4.43. The highest BCUT2D eigenvalue weighted by Gasteiger charge is 2.13. The van der Waals surface area contributed by atoms with E-state index in [0.29, 0.717) is 11.7 Å². The molecular weight excluding hydrogens is 348 g/mol. The van der Waals surface area contributed by atoms with Crippen LogP contribution in [0, 0.1) is 6.92 Å². The Morgan fingerprint density at radius 2 is 1.96 bits per heavy atom. The summed E-state index contributed by atoms with van der Waals surface area (Å²) in [6, 6.07) is 15.7. The summed E-state index contributed by atoms with van der Waals surface area (Å²) < 4.78 is 7.20. The summed E-state index contributed by atoms with van der Waals surface area (Å²) in [6.07, 6.45) is 1.62. The Labute approximate surface area is 156 Å². The average Bonchev–Trinajstić information content (AvgIpc) is 3.14. The fraction of sp³-hybridized carbons (Fsp3) is 0.211. The Morgan fingerprint density at radius 1 is 1.19 bits per heavy atom. The second kappa shape index (κ2) is 8.53. The maximum Gasteiger partial charge on any atom is 0.230 e. The van der Waals surface area contributed by atoms with Gasteiger partial charge in [-0.05, 0) is 24.6 Å². The Hall–Kier alpha value is -2.80. The van der Waals surface area contributed by atoms with Crippen LogP contribution in [0.15, 0.2) is 60.0 Å². The molecule has 1 aromatic heterocycles. The van der Waals surface area contributed by atoms with Crippen molar-refractivity contribution < 1.29 is 9.53 Å². The molecule has 6 nitrogen and oxygen atoms in total. The predicted octanol–water partition coefficient (Wildman–Crippen LogP) is 2.99. The number of para-hydroxylation sites is 2. The molecule has 0 bridgehead atoms. The molecule has 3 aromatic rings. The Morgan fingerprint density at radius 3 is 2.73 bits per heavy atom. The number of hydrogen-bond donors (Lipinski definition) is 1. The number of carbonyl (C=O) groups excluding carboxylic acids is 1. The zero-order chi connectivity index (χ0) is 18.4. The molecule has 0 radical (unpaired) electrons. The van der Waals surface area contributed by atoms with Crippen molar-refractivity contribution in [2.24, 2.45) is 0 Å². The summed E-state index contributed by atoms with van der Waals surface area (Å²) in [6.45, 7) is 2.55. The molecule has 0 atom stereocenters. The molecule has 2 aromatic carbocycles. The standard InChI is InChI=1S/C19H20N4O2S/c1-14-7-9-15(10-8-14)11-20-18(24)12-26-19-22-21-13-23(19)16-5-3-4-6-17(16)25-2/h3-10,13H,11-12H2,1-2H3,(H,20,24). The minimum Gasteiger partial charge on any atom is -0.495 e. The molecule has 26 heavy (non-hydrogen) atoms. The van der Waals surface area contributed by atoms with E-state index in [1.54, 1.807) is 13.4 Å². The van der Waals surface area contributed by atoms with Crippen molar-refractivity contribution in [3.8, 4) is 11.4 Å². The lowest BCUT2D eigenvalue weighted by Gasteiger charge is -2.10. The van der Waals surface area contributed by atoms with Gasteiger partial charge in [-0.15, -0.1) is 10.2 Å². The summed E-state index contributed by atoms with van der Waals surface area (Å²) in [5.74, 6) is 0.933. The highest BCUT2D eigenvalue weighted by Crippen LogP contribution is 2.26. The zero-order valence-corrected chi connectivity index (χ0v) is 15.5. The predicted molar refractivity (Wildman–Crippen MR) is 102 cm³/mol. The van der Waals surface area contributed by atoms with E-state index in [1.165, 1.54) is 17.3 Å². The molecule has 0 saturated carbocycles. The second-order valence-electron chi connectivity index (χ2n) is 5.71. The molecule has 0 saturated heterocycles. The molecule has 0 spiro atoms. The molecule has 0 aliphatic heterocycles. The maximum atomic E-state index is 12.1. The monoisotopic (exact) mass is 368 g/mol. The van der Waals surface area contributed by atoms with Gasteiger partial charge in [-0.25, -0.2) is 0 Å². The molecule has 7 heteroatoms. The van der Waals surface area contributed by atoms with Crippen LogP contribution in [0.3, 0.4) is 0 Å². The number of amides is 1. The smallest absolute Gasteiger partial charge is 0.230 e. The van der Waals surface area contributed by atoms with Crippen LogP contribution in [-0.2, 0) is 11.3 Å². The van der Waals surface area contributed by atoms with Gasteiger partial charge in [0.2, 0.25) is 5.91 Å². The number of nitrogens with zero attached hydrogens (tertiary/aromatic N) is 3. The Kier molecular flexibility index (Phi) is 5.91. The van der Waals surface area contributed by atoms with Gasteiger partial charge in [0.1, 0.15) is 12.1 Å². The Bertz CT molecular complexity index is 877. The number of nitrogens with one attached hydrogen (secondary N) is 1. The first kappa shape index (κ1) is 18.0. The number of methoxy groups -OCH3 is 1. The van der Waals surface area contributed by atoms with Crippen LogP contribution >= 0.6 is 11.8 Å². The first-order valence-electron chi connectivity index (χ1n) is 8.16. The lowest BCUT2D eigenvalue weighted by Crippen LogP contribution is -2.24. The molecule has 1 heterocycles. The van der Waals surface area contributed by atoms with Crippen molar-refractivity contribution in [1.29, 1.82) is 0 Å². The van der Waals surface area contributed by atoms with E-state index >= 15 is 0 Å². The summed E-state index contributed by atoms with van der Waals surface area (Å²) in [5.41, 5.74) is 3.11. The highest BCUT2D eigenvalue weighted by molar-refractivity contribution is 7.99. The van der Waals surface area contributed by atoms with Crippen molar-refractivity contribution in [2.45, 2.75) is 18.6 Å². The van der Waals surface area contributed by atoms with E-state index in [2.05, 4.69) is 15.5 Å². The fourth-order valence-corrected chi connectivity index (χ4v) is 3.16. The highest BCUT2D eigenvalue weighted by atomic mass is 32.2. The topological polar surface area (TPSA) is 69.0 Å². The summed E-state index contributed by atoms with van der Waals surface area (Å²) >= 11 is 1.34. The van der Waals surface area contributed by atoms with Crippen molar-refractivity contribution >= 4 is 17.7 Å². The molecule has 134 valence electrons. The average molecular weight is 368 g/mol. The van der Waals surface area contributed by atoms with Gasteiger partial charge < -0.3 is 10.1 Å². The summed E-state index contributed by atoms with van der Waals surface area (Å²) in [5, 5.41) is 11.6. The van der Waals surface area contributed by atoms with Gasteiger partial charge in [-0.2, -0.15) is 0 Å². The van der Waals surface area contributed by atoms with Crippen LogP contribution < -0.4 is 10.1 Å². The van der Waals surface area contributed by atoms with Crippen LogP contribution in [-0.4, -0.2) is 33.5 Å². The third-order valence-corrected chi connectivity index (χ3v) is 4.75. The van der Waals surface area contributed by atoms with E-state index in [9.17, 15) is 4.79 Å². The Balaban J connectivity index is 1.59. The van der Waals surface area contributed by atoms with E-state index in [1.807, 2.05) is 60.0 Å². The number of ether oxygens (including phenoxy) is 1. The van der Waals surface area contributed by atoms with Gasteiger partial charge in [-0.3, -0.25) is 9.36 Å². The second-order valence-corrected chi connectivity index (χ2v) is 6.65. The van der Waals surface area contributed by atoms with E-state index in [4.69, 9.17) is 4.74 Å².